The van der Waals surface area contributed by atoms with Crippen LogP contribution in [0.2, 0.25) is 5.02 Å². The lowest BCUT2D eigenvalue weighted by atomic mass is 10.1. The maximum Gasteiger partial charge on any atom is 0.266 e. The third kappa shape index (κ3) is 4.44. The molecule has 1 aromatic heterocycles. The van der Waals surface area contributed by atoms with Gasteiger partial charge in [0.15, 0.2) is 0 Å². The summed E-state index contributed by atoms with van der Waals surface area (Å²) < 4.78 is 2.08. The van der Waals surface area contributed by atoms with Gasteiger partial charge in [0.05, 0.1) is 0 Å². The molecular formula is C27H22ClN3O. The summed E-state index contributed by atoms with van der Waals surface area (Å²) >= 11 is 6.36. The van der Waals surface area contributed by atoms with Crippen LogP contribution in [0.3, 0.4) is 0 Å². The van der Waals surface area contributed by atoms with Gasteiger partial charge in [-0.2, -0.15) is 5.26 Å². The minimum Gasteiger partial charge on any atom is -0.342 e. The second-order valence-electron chi connectivity index (χ2n) is 7.76. The Morgan fingerprint density at radius 2 is 1.84 bits per heavy atom. The molecule has 4 nitrogen and oxygen atoms in total. The minimum atomic E-state index is -0.428. The maximum atomic E-state index is 12.8. The van der Waals surface area contributed by atoms with Crippen LogP contribution in [-0.4, -0.2) is 10.5 Å². The first-order chi connectivity index (χ1) is 15.5. The molecule has 0 aliphatic rings. The lowest BCUT2D eigenvalue weighted by molar-refractivity contribution is -0.112. The molecule has 0 radical (unpaired) electrons. The van der Waals surface area contributed by atoms with Gasteiger partial charge < -0.3 is 9.88 Å². The maximum absolute atomic E-state index is 12.8. The van der Waals surface area contributed by atoms with E-state index in [2.05, 4.69) is 16.0 Å². The van der Waals surface area contributed by atoms with E-state index >= 15 is 0 Å². The first-order valence-electron chi connectivity index (χ1n) is 10.3. The molecule has 0 saturated carbocycles. The smallest absolute Gasteiger partial charge is 0.266 e. The van der Waals surface area contributed by atoms with Crippen molar-refractivity contribution in [1.82, 2.24) is 4.57 Å². The number of amides is 1. The molecule has 0 unspecified atom stereocenters. The zero-order valence-electron chi connectivity index (χ0n) is 17.9. The van der Waals surface area contributed by atoms with Gasteiger partial charge in [0.1, 0.15) is 11.6 Å². The summed E-state index contributed by atoms with van der Waals surface area (Å²) in [5.74, 6) is -0.428. The molecule has 158 valence electrons. The zero-order chi connectivity index (χ0) is 22.7. The van der Waals surface area contributed by atoms with Gasteiger partial charge >= 0.3 is 0 Å². The van der Waals surface area contributed by atoms with Crippen LogP contribution in [0.4, 0.5) is 5.69 Å². The number of carbonyl (C=O) groups is 1. The molecule has 0 saturated heterocycles. The fraction of sp³-hybridized carbons (Fsp3) is 0.111. The Labute approximate surface area is 192 Å². The predicted molar refractivity (Wildman–Crippen MR) is 131 cm³/mol. The molecular weight excluding hydrogens is 418 g/mol. The summed E-state index contributed by atoms with van der Waals surface area (Å²) in [6.45, 7) is 4.52. The van der Waals surface area contributed by atoms with E-state index in [1.807, 2.05) is 86.8 Å². The number of carbonyl (C=O) groups excluding carboxylic acids is 1. The van der Waals surface area contributed by atoms with Crippen LogP contribution in [0.1, 0.15) is 22.3 Å². The Balaban J connectivity index is 1.69. The summed E-state index contributed by atoms with van der Waals surface area (Å²) in [6, 6.07) is 23.5. The van der Waals surface area contributed by atoms with Crippen molar-refractivity contribution >= 4 is 40.2 Å². The molecule has 0 aliphatic heterocycles. The zero-order valence-corrected chi connectivity index (χ0v) is 18.6. The fourth-order valence-electron chi connectivity index (χ4n) is 3.78. The van der Waals surface area contributed by atoms with Crippen molar-refractivity contribution in [2.24, 2.45) is 0 Å². The Bertz CT molecular complexity index is 1390. The van der Waals surface area contributed by atoms with E-state index in [0.717, 1.165) is 33.2 Å². The van der Waals surface area contributed by atoms with Crippen LogP contribution in [0.5, 0.6) is 0 Å². The van der Waals surface area contributed by atoms with Crippen molar-refractivity contribution in [2.75, 3.05) is 5.32 Å². The van der Waals surface area contributed by atoms with E-state index < -0.39 is 5.91 Å². The molecule has 1 N–H and O–H groups in total. The molecule has 4 rings (SSSR count). The summed E-state index contributed by atoms with van der Waals surface area (Å²) in [7, 11) is 0. The minimum absolute atomic E-state index is 0.0469. The molecule has 5 heteroatoms. The number of nitriles is 1. The SMILES string of the molecule is Cc1ccc(NC(=O)/C(C#N)=C/c2cn(Cc3ccccc3Cl)c3ccccc23)c(C)c1. The Morgan fingerprint density at radius 1 is 1.09 bits per heavy atom. The van der Waals surface area contributed by atoms with Gasteiger partial charge in [-0.15, -0.1) is 0 Å². The van der Waals surface area contributed by atoms with Gasteiger partial charge in [-0.05, 0) is 49.2 Å². The van der Waals surface area contributed by atoms with E-state index in [9.17, 15) is 10.1 Å². The highest BCUT2D eigenvalue weighted by Gasteiger charge is 2.14. The Hall–Kier alpha value is -3.81. The van der Waals surface area contributed by atoms with Crippen LogP contribution in [0.25, 0.3) is 17.0 Å². The first kappa shape index (κ1) is 21.4. The van der Waals surface area contributed by atoms with E-state index in [0.29, 0.717) is 17.3 Å². The average Bonchev–Trinajstić information content (AvgIpc) is 3.13. The molecule has 0 aliphatic carbocycles. The molecule has 3 aromatic carbocycles. The van der Waals surface area contributed by atoms with E-state index in [1.54, 1.807) is 6.08 Å². The predicted octanol–water partition coefficient (Wildman–Crippen LogP) is 6.51. The summed E-state index contributed by atoms with van der Waals surface area (Å²) in [5.41, 5.74) is 5.62. The van der Waals surface area contributed by atoms with Crippen LogP contribution in [-0.2, 0) is 11.3 Å². The molecule has 0 spiro atoms. The highest BCUT2D eigenvalue weighted by Crippen LogP contribution is 2.26. The normalized spacial score (nSPS) is 11.4. The molecule has 4 aromatic rings. The highest BCUT2D eigenvalue weighted by molar-refractivity contribution is 6.31. The Morgan fingerprint density at radius 3 is 2.59 bits per heavy atom. The summed E-state index contributed by atoms with van der Waals surface area (Å²) in [4.78, 5) is 12.8. The van der Waals surface area contributed by atoms with Crippen molar-refractivity contribution in [3.8, 4) is 6.07 Å². The lowest BCUT2D eigenvalue weighted by Crippen LogP contribution is -2.14. The monoisotopic (exact) mass is 439 g/mol. The number of aryl methyl sites for hydroxylation is 2. The third-order valence-corrected chi connectivity index (χ3v) is 5.78. The number of rotatable bonds is 5. The number of hydrogen-bond acceptors (Lipinski definition) is 2. The van der Waals surface area contributed by atoms with Gasteiger partial charge in [-0.25, -0.2) is 0 Å². The van der Waals surface area contributed by atoms with Gasteiger partial charge in [-0.1, -0.05) is 65.7 Å². The van der Waals surface area contributed by atoms with E-state index in [4.69, 9.17) is 11.6 Å². The summed E-state index contributed by atoms with van der Waals surface area (Å²) in [5, 5.41) is 14.2. The topological polar surface area (TPSA) is 57.8 Å². The molecule has 1 amide bonds. The number of benzene rings is 3. The van der Waals surface area contributed by atoms with Gasteiger partial charge in [-0.3, -0.25) is 4.79 Å². The van der Waals surface area contributed by atoms with Crippen molar-refractivity contribution in [3.05, 3.63) is 106 Å². The van der Waals surface area contributed by atoms with Crippen LogP contribution >= 0.6 is 11.6 Å². The molecule has 32 heavy (non-hydrogen) atoms. The first-order valence-corrected chi connectivity index (χ1v) is 10.7. The van der Waals surface area contributed by atoms with Gasteiger partial charge in [0.25, 0.3) is 5.91 Å². The van der Waals surface area contributed by atoms with Crippen molar-refractivity contribution in [2.45, 2.75) is 20.4 Å². The Kier molecular flexibility index (Phi) is 6.11. The third-order valence-electron chi connectivity index (χ3n) is 5.41. The van der Waals surface area contributed by atoms with Crippen molar-refractivity contribution in [3.63, 3.8) is 0 Å². The second-order valence-corrected chi connectivity index (χ2v) is 8.17. The number of nitrogens with one attached hydrogen (secondary N) is 1. The number of nitrogens with zero attached hydrogens (tertiary/aromatic N) is 2. The average molecular weight is 440 g/mol. The number of hydrogen-bond donors (Lipinski definition) is 1. The van der Waals surface area contributed by atoms with Crippen molar-refractivity contribution in [1.29, 1.82) is 5.26 Å². The number of halogens is 1. The van der Waals surface area contributed by atoms with Crippen molar-refractivity contribution < 1.29 is 4.79 Å². The fourth-order valence-corrected chi connectivity index (χ4v) is 3.97. The van der Waals surface area contributed by atoms with Crippen LogP contribution in [0, 0.1) is 25.2 Å². The number of anilines is 1. The number of fused-ring (bicyclic) bond motifs is 1. The largest absolute Gasteiger partial charge is 0.342 e. The van der Waals surface area contributed by atoms with Gasteiger partial charge in [0, 0.05) is 39.9 Å². The summed E-state index contributed by atoms with van der Waals surface area (Å²) in [6.07, 6.45) is 3.60. The van der Waals surface area contributed by atoms with E-state index in [1.165, 1.54) is 0 Å². The number of aromatic nitrogens is 1. The van der Waals surface area contributed by atoms with Gasteiger partial charge in [0.2, 0.25) is 0 Å². The molecule has 0 atom stereocenters. The second kappa shape index (κ2) is 9.13. The molecule has 0 bridgehead atoms. The quantitative estimate of drug-likeness (QED) is 0.285. The molecule has 1 heterocycles. The standard InChI is InChI=1S/C27H22ClN3O/c1-18-11-12-25(19(2)13-18)30-27(32)21(15-29)14-22-17-31(26-10-6-4-8-23(22)26)16-20-7-3-5-9-24(20)28/h3-14,17H,16H2,1-2H3,(H,30,32)/b21-14+. The molecule has 0 fully saturated rings. The number of para-hydroxylation sites is 1. The van der Waals surface area contributed by atoms with E-state index in [-0.39, 0.29) is 5.57 Å². The van der Waals surface area contributed by atoms with Crippen LogP contribution < -0.4 is 5.32 Å². The highest BCUT2D eigenvalue weighted by atomic mass is 35.5. The van der Waals surface area contributed by atoms with Crippen LogP contribution in [0.15, 0.2) is 78.5 Å². The lowest BCUT2D eigenvalue weighted by Gasteiger charge is -2.08.